The number of sulfonamides is 2. The summed E-state index contributed by atoms with van der Waals surface area (Å²) in [6, 6.07) is 10.7. The predicted molar refractivity (Wildman–Crippen MR) is 114 cm³/mol. The summed E-state index contributed by atoms with van der Waals surface area (Å²) in [6.07, 6.45) is 2.63. The molecule has 0 aromatic heterocycles. The van der Waals surface area contributed by atoms with Crippen LogP contribution in [0.5, 0.6) is 0 Å². The van der Waals surface area contributed by atoms with Gasteiger partial charge in [-0.2, -0.15) is 4.31 Å². The van der Waals surface area contributed by atoms with Gasteiger partial charge in [-0.25, -0.2) is 16.8 Å². The topological polar surface area (TPSA) is 127 Å². The number of hydrogen-bond acceptors (Lipinski definition) is 5. The van der Waals surface area contributed by atoms with E-state index in [0.717, 1.165) is 19.3 Å². The molecule has 30 heavy (non-hydrogen) atoms. The van der Waals surface area contributed by atoms with E-state index < -0.39 is 26.0 Å². The van der Waals surface area contributed by atoms with Crippen LogP contribution in [0.4, 0.5) is 5.69 Å². The number of anilines is 1. The van der Waals surface area contributed by atoms with Gasteiger partial charge in [-0.1, -0.05) is 6.42 Å². The number of benzene rings is 2. The number of hydrogen-bond donors (Lipinski definition) is 2. The third-order valence-electron chi connectivity index (χ3n) is 5.24. The molecule has 1 aliphatic heterocycles. The number of carbonyl (C=O) groups is 1. The molecule has 2 aromatic carbocycles. The molecule has 3 rings (SSSR count). The van der Waals surface area contributed by atoms with Crippen molar-refractivity contribution in [2.24, 2.45) is 5.73 Å². The van der Waals surface area contributed by atoms with Crippen molar-refractivity contribution in [2.75, 3.05) is 4.72 Å². The molecule has 1 saturated heterocycles. The molecule has 0 bridgehead atoms. The fourth-order valence-electron chi connectivity index (χ4n) is 3.70. The Hall–Kier alpha value is -2.43. The molecule has 2 atom stereocenters. The van der Waals surface area contributed by atoms with Gasteiger partial charge in [0.25, 0.3) is 10.0 Å². The Morgan fingerprint density at radius 1 is 0.900 bits per heavy atom. The number of nitrogens with one attached hydrogen (secondary N) is 1. The van der Waals surface area contributed by atoms with Crippen molar-refractivity contribution in [3.05, 3.63) is 54.1 Å². The lowest BCUT2D eigenvalue weighted by Crippen LogP contribution is -2.47. The summed E-state index contributed by atoms with van der Waals surface area (Å²) in [7, 11) is -7.58. The molecule has 0 aliphatic carbocycles. The van der Waals surface area contributed by atoms with Crippen molar-refractivity contribution >= 4 is 31.6 Å². The highest BCUT2D eigenvalue weighted by molar-refractivity contribution is 7.92. The third kappa shape index (κ3) is 4.50. The van der Waals surface area contributed by atoms with E-state index in [-0.39, 0.29) is 33.1 Å². The molecule has 0 unspecified atom stereocenters. The Balaban J connectivity index is 1.80. The zero-order valence-corrected chi connectivity index (χ0v) is 18.4. The van der Waals surface area contributed by atoms with Gasteiger partial charge < -0.3 is 5.73 Å². The number of carbonyl (C=O) groups excluding carboxylic acids is 1. The summed E-state index contributed by atoms with van der Waals surface area (Å²) in [6.45, 7) is 3.80. The highest BCUT2D eigenvalue weighted by Crippen LogP contribution is 2.30. The third-order valence-corrected chi connectivity index (χ3v) is 8.78. The maximum absolute atomic E-state index is 13.1. The Kier molecular flexibility index (Phi) is 6.21. The molecule has 1 heterocycles. The van der Waals surface area contributed by atoms with Crippen LogP contribution >= 0.6 is 0 Å². The number of nitrogens with two attached hydrogens (primary N) is 1. The molecule has 8 nitrogen and oxygen atoms in total. The van der Waals surface area contributed by atoms with E-state index in [4.69, 9.17) is 5.73 Å². The first-order chi connectivity index (χ1) is 14.0. The molecule has 0 saturated carbocycles. The first-order valence-corrected chi connectivity index (χ1v) is 12.5. The second kappa shape index (κ2) is 8.37. The van der Waals surface area contributed by atoms with Crippen LogP contribution in [0.15, 0.2) is 58.3 Å². The molecular formula is C20H25N3O5S2. The van der Waals surface area contributed by atoms with Crippen molar-refractivity contribution in [3.8, 4) is 0 Å². The van der Waals surface area contributed by atoms with E-state index in [9.17, 15) is 21.6 Å². The summed E-state index contributed by atoms with van der Waals surface area (Å²) in [5.41, 5.74) is 5.59. The average molecular weight is 452 g/mol. The minimum absolute atomic E-state index is 0.0415. The van der Waals surface area contributed by atoms with Crippen LogP contribution in [-0.2, 0) is 20.0 Å². The maximum Gasteiger partial charge on any atom is 0.261 e. The van der Waals surface area contributed by atoms with Crippen molar-refractivity contribution in [1.29, 1.82) is 0 Å². The van der Waals surface area contributed by atoms with Gasteiger partial charge in [-0.05, 0) is 75.2 Å². The van der Waals surface area contributed by atoms with Crippen molar-refractivity contribution in [1.82, 2.24) is 4.31 Å². The molecule has 1 fully saturated rings. The Morgan fingerprint density at radius 2 is 1.40 bits per heavy atom. The van der Waals surface area contributed by atoms with E-state index in [1.54, 1.807) is 0 Å². The molecule has 3 N–H and O–H groups in total. The van der Waals surface area contributed by atoms with E-state index in [1.165, 1.54) is 52.8 Å². The number of nitrogens with zero attached hydrogens (tertiary/aromatic N) is 1. The minimum Gasteiger partial charge on any atom is -0.366 e. The van der Waals surface area contributed by atoms with Gasteiger partial charge >= 0.3 is 0 Å². The standard InChI is InChI=1S/C20H25N3O5S2/c1-14-4-3-5-15(2)23(14)30(27,28)19-12-8-17(9-13-19)22-29(25,26)18-10-6-16(7-11-18)20(21)24/h6-15,22H,3-5H2,1-2H3,(H2,21,24)/t14-,15-/m0/s1. The summed E-state index contributed by atoms with van der Waals surface area (Å²) in [5.74, 6) is -0.652. The molecule has 2 aromatic rings. The predicted octanol–water partition coefficient (Wildman–Crippen LogP) is 2.54. The van der Waals surface area contributed by atoms with Crippen molar-refractivity contribution in [2.45, 2.75) is 55.0 Å². The van der Waals surface area contributed by atoms with Crippen LogP contribution in [-0.4, -0.2) is 39.1 Å². The fourth-order valence-corrected chi connectivity index (χ4v) is 6.64. The van der Waals surface area contributed by atoms with Crippen LogP contribution in [0.3, 0.4) is 0 Å². The van der Waals surface area contributed by atoms with Gasteiger partial charge in [0.2, 0.25) is 15.9 Å². The molecular weight excluding hydrogens is 426 g/mol. The monoisotopic (exact) mass is 451 g/mol. The largest absolute Gasteiger partial charge is 0.366 e. The van der Waals surface area contributed by atoms with Crippen LogP contribution < -0.4 is 10.5 Å². The fraction of sp³-hybridized carbons (Fsp3) is 0.350. The lowest BCUT2D eigenvalue weighted by Gasteiger charge is -2.37. The quantitative estimate of drug-likeness (QED) is 0.698. The van der Waals surface area contributed by atoms with Crippen LogP contribution in [0.1, 0.15) is 43.5 Å². The highest BCUT2D eigenvalue weighted by Gasteiger charge is 2.35. The first kappa shape index (κ1) is 22.3. The maximum atomic E-state index is 13.1. The van der Waals surface area contributed by atoms with Gasteiger partial charge in [0.05, 0.1) is 9.79 Å². The number of primary amides is 1. The van der Waals surface area contributed by atoms with E-state index in [1.807, 2.05) is 13.8 Å². The molecule has 162 valence electrons. The highest BCUT2D eigenvalue weighted by atomic mass is 32.2. The van der Waals surface area contributed by atoms with Gasteiger partial charge in [0, 0.05) is 23.3 Å². The van der Waals surface area contributed by atoms with Crippen LogP contribution in [0.25, 0.3) is 0 Å². The van der Waals surface area contributed by atoms with E-state index >= 15 is 0 Å². The Bertz CT molecular complexity index is 1120. The summed E-state index contributed by atoms with van der Waals surface area (Å²) in [4.78, 5) is 11.2. The van der Waals surface area contributed by atoms with E-state index in [0.29, 0.717) is 0 Å². The summed E-state index contributed by atoms with van der Waals surface area (Å²) >= 11 is 0. The lowest BCUT2D eigenvalue weighted by molar-refractivity contribution is 0.1000. The normalized spacial score (nSPS) is 20.6. The van der Waals surface area contributed by atoms with Crippen molar-refractivity contribution < 1.29 is 21.6 Å². The smallest absolute Gasteiger partial charge is 0.261 e. The zero-order chi connectivity index (χ0) is 22.1. The molecule has 0 spiro atoms. The number of rotatable bonds is 6. The van der Waals surface area contributed by atoms with Crippen molar-refractivity contribution in [3.63, 3.8) is 0 Å². The Morgan fingerprint density at radius 3 is 1.90 bits per heavy atom. The zero-order valence-electron chi connectivity index (χ0n) is 16.8. The first-order valence-electron chi connectivity index (χ1n) is 9.58. The molecule has 10 heteroatoms. The second-order valence-electron chi connectivity index (χ2n) is 7.48. The van der Waals surface area contributed by atoms with Crippen LogP contribution in [0, 0.1) is 0 Å². The Labute approximate surface area is 177 Å². The number of piperidine rings is 1. The number of amides is 1. The SMILES string of the molecule is C[C@H]1CCC[C@H](C)N1S(=O)(=O)c1ccc(NS(=O)(=O)c2ccc(C(N)=O)cc2)cc1. The van der Waals surface area contributed by atoms with Gasteiger partial charge in [-0.15, -0.1) is 0 Å². The minimum atomic E-state index is -3.90. The second-order valence-corrected chi connectivity index (χ2v) is 11.0. The summed E-state index contributed by atoms with van der Waals surface area (Å²) in [5, 5.41) is 0. The van der Waals surface area contributed by atoms with E-state index in [2.05, 4.69) is 4.72 Å². The van der Waals surface area contributed by atoms with Gasteiger partial charge in [0.15, 0.2) is 0 Å². The molecule has 1 amide bonds. The molecule has 1 aliphatic rings. The van der Waals surface area contributed by atoms with Gasteiger partial charge in [-0.3, -0.25) is 9.52 Å². The van der Waals surface area contributed by atoms with Crippen LogP contribution in [0.2, 0.25) is 0 Å². The average Bonchev–Trinajstić information content (AvgIpc) is 2.68. The van der Waals surface area contributed by atoms with Gasteiger partial charge in [0.1, 0.15) is 0 Å². The molecule has 0 radical (unpaired) electrons. The summed E-state index contributed by atoms with van der Waals surface area (Å²) < 4.78 is 55.2. The lowest BCUT2D eigenvalue weighted by atomic mass is 10.0.